The van der Waals surface area contributed by atoms with Crippen molar-refractivity contribution in [3.05, 3.63) is 99.5 Å². The highest BCUT2D eigenvalue weighted by Crippen LogP contribution is 2.40. The fraction of sp³-hybridized carbons (Fsp3) is 0.0909. The number of carbonyl (C=O) groups is 1. The Morgan fingerprint density at radius 2 is 1.97 bits per heavy atom. The van der Waals surface area contributed by atoms with E-state index in [-0.39, 0.29) is 22.3 Å². The molecule has 0 aliphatic carbocycles. The number of halogens is 1. The summed E-state index contributed by atoms with van der Waals surface area (Å²) < 4.78 is 19.6. The number of amides is 1. The Morgan fingerprint density at radius 1 is 1.10 bits per heavy atom. The molecule has 1 aromatic carbocycles. The van der Waals surface area contributed by atoms with Crippen LogP contribution in [0.3, 0.4) is 0 Å². The molecule has 5 rings (SSSR count). The molecule has 4 aromatic rings. The lowest BCUT2D eigenvalue weighted by molar-refractivity contribution is 0.0970. The van der Waals surface area contributed by atoms with Crippen molar-refractivity contribution in [2.75, 3.05) is 4.90 Å². The molecule has 1 aliphatic rings. The average molecular weight is 387 g/mol. The van der Waals surface area contributed by atoms with Gasteiger partial charge in [0.15, 0.2) is 5.43 Å². The second-order valence-electron chi connectivity index (χ2n) is 6.82. The molecule has 1 atom stereocenters. The third-order valence-corrected chi connectivity index (χ3v) is 4.95. The summed E-state index contributed by atoms with van der Waals surface area (Å²) in [7, 11) is 0. The van der Waals surface area contributed by atoms with Crippen molar-refractivity contribution in [3.8, 4) is 0 Å². The number of anilines is 1. The number of hydrogen-bond acceptors (Lipinski definition) is 5. The number of benzene rings is 1. The SMILES string of the molecule is Cc1cccc(N2C(=O)c3oc4ccc(F)cc4c(=O)c3[C@@H]2c2cccnc2)n1. The van der Waals surface area contributed by atoms with Gasteiger partial charge in [-0.05, 0) is 48.9 Å². The van der Waals surface area contributed by atoms with Crippen LogP contribution in [0.15, 0.2) is 70.1 Å². The van der Waals surface area contributed by atoms with Gasteiger partial charge in [-0.2, -0.15) is 0 Å². The summed E-state index contributed by atoms with van der Waals surface area (Å²) in [5.74, 6) is -0.698. The third-order valence-electron chi connectivity index (χ3n) is 4.95. The van der Waals surface area contributed by atoms with Gasteiger partial charge in [0.05, 0.1) is 17.0 Å². The smallest absolute Gasteiger partial charge is 0.296 e. The third kappa shape index (κ3) is 2.62. The molecule has 0 unspecified atom stereocenters. The predicted molar refractivity (Wildman–Crippen MR) is 104 cm³/mol. The van der Waals surface area contributed by atoms with Crippen molar-refractivity contribution in [2.45, 2.75) is 13.0 Å². The van der Waals surface area contributed by atoms with Crippen LogP contribution < -0.4 is 10.3 Å². The molecule has 3 aromatic heterocycles. The second-order valence-corrected chi connectivity index (χ2v) is 6.82. The van der Waals surface area contributed by atoms with Crippen LogP contribution in [0.4, 0.5) is 10.2 Å². The largest absolute Gasteiger partial charge is 0.450 e. The van der Waals surface area contributed by atoms with Crippen molar-refractivity contribution in [3.63, 3.8) is 0 Å². The number of nitrogens with zero attached hydrogens (tertiary/aromatic N) is 3. The molecule has 0 saturated carbocycles. The highest BCUT2D eigenvalue weighted by molar-refractivity contribution is 6.10. The minimum absolute atomic E-state index is 0.0636. The Balaban J connectivity index is 1.84. The summed E-state index contributed by atoms with van der Waals surface area (Å²) in [6.45, 7) is 1.82. The monoisotopic (exact) mass is 387 g/mol. The van der Waals surface area contributed by atoms with E-state index >= 15 is 0 Å². The molecule has 0 spiro atoms. The van der Waals surface area contributed by atoms with E-state index in [1.165, 1.54) is 17.0 Å². The van der Waals surface area contributed by atoms with Crippen molar-refractivity contribution in [1.82, 2.24) is 9.97 Å². The molecule has 0 radical (unpaired) electrons. The summed E-state index contributed by atoms with van der Waals surface area (Å²) in [6.07, 6.45) is 3.19. The van der Waals surface area contributed by atoms with Crippen LogP contribution in [0.2, 0.25) is 0 Å². The normalized spacial score (nSPS) is 15.7. The molecule has 4 heterocycles. The topological polar surface area (TPSA) is 76.3 Å². The van der Waals surface area contributed by atoms with Gasteiger partial charge < -0.3 is 4.42 Å². The second kappa shape index (κ2) is 6.34. The summed E-state index contributed by atoms with van der Waals surface area (Å²) in [6, 6.07) is 11.7. The van der Waals surface area contributed by atoms with Crippen LogP contribution in [0.5, 0.6) is 0 Å². The molecule has 1 aliphatic heterocycles. The Bertz CT molecular complexity index is 1330. The number of aromatic nitrogens is 2. The molecule has 142 valence electrons. The van der Waals surface area contributed by atoms with Gasteiger partial charge in [0.2, 0.25) is 5.76 Å². The molecule has 29 heavy (non-hydrogen) atoms. The molecular formula is C22H14FN3O3. The van der Waals surface area contributed by atoms with Crippen molar-refractivity contribution in [1.29, 1.82) is 0 Å². The number of pyridine rings is 2. The molecule has 0 N–H and O–H groups in total. The fourth-order valence-electron chi connectivity index (χ4n) is 3.70. The summed E-state index contributed by atoms with van der Waals surface area (Å²) in [4.78, 5) is 36.6. The molecule has 6 nitrogen and oxygen atoms in total. The van der Waals surface area contributed by atoms with E-state index < -0.39 is 23.2 Å². The maximum absolute atomic E-state index is 13.8. The number of rotatable bonds is 2. The van der Waals surface area contributed by atoms with Crippen LogP contribution >= 0.6 is 0 Å². The van der Waals surface area contributed by atoms with Crippen LogP contribution in [-0.4, -0.2) is 15.9 Å². The Labute approximate surface area is 164 Å². The molecule has 1 amide bonds. The minimum atomic E-state index is -0.774. The van der Waals surface area contributed by atoms with Crippen LogP contribution in [0, 0.1) is 12.7 Å². The lowest BCUT2D eigenvalue weighted by Gasteiger charge is -2.24. The zero-order chi connectivity index (χ0) is 20.1. The first-order valence-electron chi connectivity index (χ1n) is 8.98. The van der Waals surface area contributed by atoms with Gasteiger partial charge in [0, 0.05) is 18.1 Å². The van der Waals surface area contributed by atoms with Gasteiger partial charge in [0.25, 0.3) is 5.91 Å². The first-order valence-corrected chi connectivity index (χ1v) is 8.98. The molecule has 0 fully saturated rings. The Morgan fingerprint density at radius 3 is 2.72 bits per heavy atom. The maximum Gasteiger partial charge on any atom is 0.296 e. The summed E-state index contributed by atoms with van der Waals surface area (Å²) >= 11 is 0. The predicted octanol–water partition coefficient (Wildman–Crippen LogP) is 3.78. The molecular weight excluding hydrogens is 373 g/mol. The van der Waals surface area contributed by atoms with Crippen LogP contribution in [0.1, 0.15) is 33.4 Å². The van der Waals surface area contributed by atoms with E-state index in [0.717, 1.165) is 11.8 Å². The van der Waals surface area contributed by atoms with Gasteiger partial charge in [-0.25, -0.2) is 9.37 Å². The Kier molecular flexibility index (Phi) is 3.77. The van der Waals surface area contributed by atoms with Gasteiger partial charge in [-0.15, -0.1) is 0 Å². The standard InChI is InChI=1S/C22H14FN3O3/c1-12-4-2-6-17(25-12)26-19(13-5-3-9-24-11-13)18-20(27)15-10-14(23)7-8-16(15)29-21(18)22(26)28/h2-11,19H,1H3/t19-/m0/s1. The van der Waals surface area contributed by atoms with E-state index in [2.05, 4.69) is 9.97 Å². The first kappa shape index (κ1) is 17.2. The lowest BCUT2D eigenvalue weighted by atomic mass is 10.00. The molecule has 7 heteroatoms. The Hall–Kier alpha value is -3.87. The highest BCUT2D eigenvalue weighted by Gasteiger charge is 2.44. The maximum atomic E-state index is 13.8. The van der Waals surface area contributed by atoms with Gasteiger partial charge in [-0.3, -0.25) is 19.5 Å². The zero-order valence-electron chi connectivity index (χ0n) is 15.3. The van der Waals surface area contributed by atoms with E-state index in [1.807, 2.05) is 13.0 Å². The van der Waals surface area contributed by atoms with Crippen molar-refractivity contribution >= 4 is 22.7 Å². The summed E-state index contributed by atoms with van der Waals surface area (Å²) in [5, 5.41) is 0.0875. The minimum Gasteiger partial charge on any atom is -0.450 e. The quantitative estimate of drug-likeness (QED) is 0.523. The zero-order valence-corrected chi connectivity index (χ0v) is 15.3. The van der Waals surface area contributed by atoms with E-state index in [1.54, 1.807) is 36.7 Å². The van der Waals surface area contributed by atoms with Crippen molar-refractivity contribution < 1.29 is 13.6 Å². The van der Waals surface area contributed by atoms with Gasteiger partial charge >= 0.3 is 0 Å². The first-order chi connectivity index (χ1) is 14.0. The number of aryl methyl sites for hydroxylation is 1. The van der Waals surface area contributed by atoms with Crippen LogP contribution in [0.25, 0.3) is 11.0 Å². The van der Waals surface area contributed by atoms with E-state index in [9.17, 15) is 14.0 Å². The average Bonchev–Trinajstić information content (AvgIpc) is 3.02. The number of fused-ring (bicyclic) bond motifs is 2. The molecule has 0 bridgehead atoms. The fourth-order valence-corrected chi connectivity index (χ4v) is 3.70. The van der Waals surface area contributed by atoms with Crippen LogP contribution in [-0.2, 0) is 0 Å². The number of hydrogen-bond donors (Lipinski definition) is 0. The highest BCUT2D eigenvalue weighted by atomic mass is 19.1. The summed E-state index contributed by atoms with van der Waals surface area (Å²) in [5.41, 5.74) is 1.23. The lowest BCUT2D eigenvalue weighted by Crippen LogP contribution is -2.30. The number of carbonyl (C=O) groups excluding carboxylic acids is 1. The molecule has 0 saturated heterocycles. The van der Waals surface area contributed by atoms with E-state index in [4.69, 9.17) is 4.42 Å². The van der Waals surface area contributed by atoms with Gasteiger partial charge in [-0.1, -0.05) is 12.1 Å². The van der Waals surface area contributed by atoms with Gasteiger partial charge in [0.1, 0.15) is 17.2 Å². The van der Waals surface area contributed by atoms with Crippen molar-refractivity contribution in [2.24, 2.45) is 0 Å². The van der Waals surface area contributed by atoms with E-state index in [0.29, 0.717) is 11.4 Å².